The lowest BCUT2D eigenvalue weighted by atomic mass is 9.97. The quantitative estimate of drug-likeness (QED) is 0.624. The molecule has 1 saturated heterocycles. The third-order valence-corrected chi connectivity index (χ3v) is 3.35. The molecule has 0 bridgehead atoms. The molecule has 0 aromatic carbocycles. The molecule has 2 amide bonds. The Morgan fingerprint density at radius 2 is 1.85 bits per heavy atom. The summed E-state index contributed by atoms with van der Waals surface area (Å²) in [5.74, 6) is 0.00425. The second-order valence-electron chi connectivity index (χ2n) is 4.76. The molecule has 1 rings (SSSR count). The van der Waals surface area contributed by atoms with Crippen molar-refractivity contribution in [1.82, 2.24) is 10.2 Å². The SMILES string of the molecule is CCOCCN(CCOCC)C(=O)C1CCC(=O)NC1. The fraction of sp³-hybridized carbons (Fsp3) is 0.857. The van der Waals surface area contributed by atoms with Crippen LogP contribution in [0.3, 0.4) is 0 Å². The summed E-state index contributed by atoms with van der Waals surface area (Å²) in [5.41, 5.74) is 0. The summed E-state index contributed by atoms with van der Waals surface area (Å²) in [6, 6.07) is 0. The predicted molar refractivity (Wildman–Crippen MR) is 75.3 cm³/mol. The predicted octanol–water partition coefficient (Wildman–Crippen LogP) is 0.414. The first-order valence-corrected chi connectivity index (χ1v) is 7.40. The Bertz CT molecular complexity index is 290. The molecule has 1 unspecified atom stereocenters. The summed E-state index contributed by atoms with van der Waals surface area (Å²) in [6.07, 6.45) is 1.06. The van der Waals surface area contributed by atoms with Gasteiger partial charge in [0.05, 0.1) is 19.1 Å². The number of carbonyl (C=O) groups is 2. The highest BCUT2D eigenvalue weighted by Gasteiger charge is 2.28. The van der Waals surface area contributed by atoms with Crippen molar-refractivity contribution in [3.8, 4) is 0 Å². The highest BCUT2D eigenvalue weighted by Crippen LogP contribution is 2.14. The second-order valence-corrected chi connectivity index (χ2v) is 4.76. The Labute approximate surface area is 120 Å². The zero-order valence-electron chi connectivity index (χ0n) is 12.5. The average molecular weight is 286 g/mol. The molecule has 20 heavy (non-hydrogen) atoms. The molecule has 0 radical (unpaired) electrons. The van der Waals surface area contributed by atoms with E-state index in [1.807, 2.05) is 13.8 Å². The average Bonchev–Trinajstić information content (AvgIpc) is 2.46. The van der Waals surface area contributed by atoms with Gasteiger partial charge in [0.2, 0.25) is 11.8 Å². The van der Waals surface area contributed by atoms with E-state index in [-0.39, 0.29) is 17.7 Å². The van der Waals surface area contributed by atoms with Crippen LogP contribution in [0.15, 0.2) is 0 Å². The largest absolute Gasteiger partial charge is 0.380 e. The topological polar surface area (TPSA) is 67.9 Å². The summed E-state index contributed by atoms with van der Waals surface area (Å²) >= 11 is 0. The summed E-state index contributed by atoms with van der Waals surface area (Å²) < 4.78 is 10.6. The van der Waals surface area contributed by atoms with Crippen molar-refractivity contribution in [1.29, 1.82) is 0 Å². The first-order valence-electron chi connectivity index (χ1n) is 7.40. The molecule has 0 aromatic heterocycles. The summed E-state index contributed by atoms with van der Waals surface area (Å²) in [4.78, 5) is 25.4. The number of hydrogen-bond acceptors (Lipinski definition) is 4. The van der Waals surface area contributed by atoms with E-state index in [1.54, 1.807) is 4.90 Å². The van der Waals surface area contributed by atoms with Crippen molar-refractivity contribution in [2.45, 2.75) is 26.7 Å². The van der Waals surface area contributed by atoms with E-state index in [1.165, 1.54) is 0 Å². The number of hydrogen-bond donors (Lipinski definition) is 1. The van der Waals surface area contributed by atoms with Gasteiger partial charge >= 0.3 is 0 Å². The molecule has 1 aliphatic rings. The van der Waals surface area contributed by atoms with Crippen LogP contribution in [0.25, 0.3) is 0 Å². The van der Waals surface area contributed by atoms with Crippen LogP contribution < -0.4 is 5.32 Å². The smallest absolute Gasteiger partial charge is 0.227 e. The van der Waals surface area contributed by atoms with Gasteiger partial charge in [0.15, 0.2) is 0 Å². The molecule has 1 heterocycles. The van der Waals surface area contributed by atoms with Crippen molar-refractivity contribution in [3.63, 3.8) is 0 Å². The minimum absolute atomic E-state index is 0.0317. The molecular weight excluding hydrogens is 260 g/mol. The van der Waals surface area contributed by atoms with Gasteiger partial charge in [-0.25, -0.2) is 0 Å². The molecule has 1 atom stereocenters. The van der Waals surface area contributed by atoms with Crippen molar-refractivity contribution in [2.24, 2.45) is 5.92 Å². The second kappa shape index (κ2) is 9.72. The normalized spacial score (nSPS) is 18.7. The monoisotopic (exact) mass is 286 g/mol. The molecule has 0 aliphatic carbocycles. The summed E-state index contributed by atoms with van der Waals surface area (Å²) in [7, 11) is 0. The van der Waals surface area contributed by atoms with E-state index >= 15 is 0 Å². The molecule has 1 aliphatic heterocycles. The Kier molecular flexibility index (Phi) is 8.22. The van der Waals surface area contributed by atoms with Gasteiger partial charge in [0, 0.05) is 39.3 Å². The van der Waals surface area contributed by atoms with Gasteiger partial charge in [-0.2, -0.15) is 0 Å². The van der Waals surface area contributed by atoms with Gasteiger partial charge in [0.25, 0.3) is 0 Å². The van der Waals surface area contributed by atoms with Crippen LogP contribution in [0, 0.1) is 5.92 Å². The Balaban J connectivity index is 2.46. The van der Waals surface area contributed by atoms with Crippen LogP contribution in [-0.2, 0) is 19.1 Å². The van der Waals surface area contributed by atoms with E-state index < -0.39 is 0 Å². The fourth-order valence-electron chi connectivity index (χ4n) is 2.17. The third kappa shape index (κ3) is 5.88. The van der Waals surface area contributed by atoms with Crippen LogP contribution in [0.5, 0.6) is 0 Å². The molecule has 6 nitrogen and oxygen atoms in total. The molecule has 116 valence electrons. The van der Waals surface area contributed by atoms with Gasteiger partial charge in [-0.1, -0.05) is 0 Å². The number of nitrogens with zero attached hydrogens (tertiary/aromatic N) is 1. The summed E-state index contributed by atoms with van der Waals surface area (Å²) in [5, 5.41) is 2.75. The molecule has 1 fully saturated rings. The van der Waals surface area contributed by atoms with Crippen LogP contribution in [0.1, 0.15) is 26.7 Å². The van der Waals surface area contributed by atoms with Crippen LogP contribution in [0.4, 0.5) is 0 Å². The first-order chi connectivity index (χ1) is 9.69. The van der Waals surface area contributed by atoms with Gasteiger partial charge in [-0.3, -0.25) is 9.59 Å². The van der Waals surface area contributed by atoms with Gasteiger partial charge in [-0.05, 0) is 20.3 Å². The van der Waals surface area contributed by atoms with Crippen molar-refractivity contribution in [2.75, 3.05) is 46.1 Å². The number of nitrogens with one attached hydrogen (secondary N) is 1. The zero-order chi connectivity index (χ0) is 14.8. The number of amides is 2. The van der Waals surface area contributed by atoms with Gasteiger partial charge < -0.3 is 19.7 Å². The van der Waals surface area contributed by atoms with Crippen molar-refractivity contribution in [3.05, 3.63) is 0 Å². The minimum atomic E-state index is -0.115. The van der Waals surface area contributed by atoms with E-state index in [9.17, 15) is 9.59 Å². The maximum absolute atomic E-state index is 12.5. The lowest BCUT2D eigenvalue weighted by Crippen LogP contribution is -2.46. The van der Waals surface area contributed by atoms with E-state index in [4.69, 9.17) is 9.47 Å². The minimum Gasteiger partial charge on any atom is -0.380 e. The lowest BCUT2D eigenvalue weighted by Gasteiger charge is -2.29. The van der Waals surface area contributed by atoms with Crippen LogP contribution in [-0.4, -0.2) is 62.8 Å². The number of ether oxygens (including phenoxy) is 2. The molecule has 0 saturated carbocycles. The van der Waals surface area contributed by atoms with Crippen molar-refractivity contribution < 1.29 is 19.1 Å². The first kappa shape index (κ1) is 16.9. The van der Waals surface area contributed by atoms with Gasteiger partial charge in [-0.15, -0.1) is 0 Å². The van der Waals surface area contributed by atoms with Crippen molar-refractivity contribution >= 4 is 11.8 Å². The number of rotatable bonds is 9. The Hall–Kier alpha value is -1.14. The maximum atomic E-state index is 12.5. The maximum Gasteiger partial charge on any atom is 0.227 e. The number of carbonyl (C=O) groups excluding carboxylic acids is 2. The third-order valence-electron chi connectivity index (χ3n) is 3.35. The molecule has 0 spiro atoms. The molecular formula is C14H26N2O4. The molecule has 6 heteroatoms. The van der Waals surface area contributed by atoms with E-state index in [2.05, 4.69) is 5.32 Å². The Morgan fingerprint density at radius 1 is 1.25 bits per heavy atom. The highest BCUT2D eigenvalue weighted by atomic mass is 16.5. The van der Waals surface area contributed by atoms with E-state index in [0.717, 1.165) is 0 Å². The number of piperidine rings is 1. The Morgan fingerprint density at radius 3 is 2.30 bits per heavy atom. The highest BCUT2D eigenvalue weighted by molar-refractivity contribution is 5.83. The van der Waals surface area contributed by atoms with Gasteiger partial charge in [0.1, 0.15) is 0 Å². The lowest BCUT2D eigenvalue weighted by molar-refractivity contribution is -0.139. The standard InChI is InChI=1S/C14H26N2O4/c1-3-19-9-7-16(8-10-20-4-2)14(18)12-5-6-13(17)15-11-12/h12H,3-11H2,1-2H3,(H,15,17). The van der Waals surface area contributed by atoms with Crippen LogP contribution in [0.2, 0.25) is 0 Å². The van der Waals surface area contributed by atoms with E-state index in [0.29, 0.717) is 58.9 Å². The van der Waals surface area contributed by atoms with Crippen LogP contribution >= 0.6 is 0 Å². The molecule has 0 aromatic rings. The fourth-order valence-corrected chi connectivity index (χ4v) is 2.17. The molecule has 1 N–H and O–H groups in total. The zero-order valence-corrected chi connectivity index (χ0v) is 12.5. The summed E-state index contributed by atoms with van der Waals surface area (Å²) in [6.45, 7) is 7.82.